The number of nitrogens with two attached hydrogens (primary N) is 1. The highest BCUT2D eigenvalue weighted by Crippen LogP contribution is 2.19. The van der Waals surface area contributed by atoms with E-state index in [0.29, 0.717) is 18.0 Å². The number of hydrogen-bond donors (Lipinski definition) is 1. The second-order valence-electron chi connectivity index (χ2n) is 4.30. The summed E-state index contributed by atoms with van der Waals surface area (Å²) in [5, 5.41) is 0. The number of rotatable bonds is 9. The summed E-state index contributed by atoms with van der Waals surface area (Å²) in [4.78, 5) is 2.81. The average Bonchev–Trinajstić information content (AvgIpc) is 2.42. The molecule has 2 N–H and O–H groups in total. The lowest BCUT2D eigenvalue weighted by atomic mass is 10.2. The molecule has 1 rings (SSSR count). The molecule has 0 spiro atoms. The Kier molecular flexibility index (Phi) is 7.40. The van der Waals surface area contributed by atoms with Crippen molar-refractivity contribution in [2.45, 2.75) is 13.0 Å². The molecule has 0 saturated heterocycles. The minimum atomic E-state index is 0.544. The van der Waals surface area contributed by atoms with Gasteiger partial charge in [0.2, 0.25) is 0 Å². The molecule has 0 radical (unpaired) electrons. The molecule has 1 aromatic carbocycles. The Morgan fingerprint density at radius 3 is 2.63 bits per heavy atom. The Balaban J connectivity index is 2.66. The molecule has 0 fully saturated rings. The quantitative estimate of drug-likeness (QED) is 0.700. The SMILES string of the molecule is COCCN(CCC(N)=S)Cc1ccccc1OC. The van der Waals surface area contributed by atoms with Crippen LogP contribution in [0.3, 0.4) is 0 Å². The normalized spacial score (nSPS) is 10.7. The first-order chi connectivity index (χ1) is 9.17. The van der Waals surface area contributed by atoms with Crippen LogP contribution in [-0.2, 0) is 11.3 Å². The van der Waals surface area contributed by atoms with Gasteiger partial charge in [0.15, 0.2) is 0 Å². The Morgan fingerprint density at radius 2 is 2.00 bits per heavy atom. The molecule has 0 unspecified atom stereocenters. The summed E-state index contributed by atoms with van der Waals surface area (Å²) in [6, 6.07) is 8.02. The van der Waals surface area contributed by atoms with Gasteiger partial charge < -0.3 is 15.2 Å². The van der Waals surface area contributed by atoms with E-state index in [1.54, 1.807) is 14.2 Å². The van der Waals surface area contributed by atoms with E-state index < -0.39 is 0 Å². The monoisotopic (exact) mass is 282 g/mol. The molecular formula is C14H22N2O2S. The van der Waals surface area contributed by atoms with Crippen LogP contribution in [0.1, 0.15) is 12.0 Å². The number of ether oxygens (including phenoxy) is 2. The number of thiocarbonyl (C=S) groups is 1. The Morgan fingerprint density at radius 1 is 1.26 bits per heavy atom. The third kappa shape index (κ3) is 6.00. The van der Waals surface area contributed by atoms with Gasteiger partial charge in [-0.3, -0.25) is 4.90 Å². The van der Waals surface area contributed by atoms with Gasteiger partial charge in [-0.05, 0) is 6.07 Å². The molecule has 0 aromatic heterocycles. The molecule has 0 bridgehead atoms. The summed E-state index contributed by atoms with van der Waals surface area (Å²) in [5.41, 5.74) is 6.72. The van der Waals surface area contributed by atoms with E-state index in [1.165, 1.54) is 0 Å². The highest BCUT2D eigenvalue weighted by atomic mass is 32.1. The zero-order chi connectivity index (χ0) is 14.1. The third-order valence-electron chi connectivity index (χ3n) is 2.87. The van der Waals surface area contributed by atoms with Crippen molar-refractivity contribution in [1.29, 1.82) is 0 Å². The van der Waals surface area contributed by atoms with Crippen molar-refractivity contribution in [3.63, 3.8) is 0 Å². The highest BCUT2D eigenvalue weighted by molar-refractivity contribution is 7.80. The summed E-state index contributed by atoms with van der Waals surface area (Å²) in [6.07, 6.45) is 0.716. The first kappa shape index (κ1) is 15.9. The van der Waals surface area contributed by atoms with Crippen LogP contribution in [-0.4, -0.2) is 43.8 Å². The van der Waals surface area contributed by atoms with Crippen LogP contribution in [0.2, 0.25) is 0 Å². The third-order valence-corrected chi connectivity index (χ3v) is 3.08. The highest BCUT2D eigenvalue weighted by Gasteiger charge is 2.09. The minimum Gasteiger partial charge on any atom is -0.496 e. The van der Waals surface area contributed by atoms with Gasteiger partial charge in [0, 0.05) is 38.7 Å². The largest absolute Gasteiger partial charge is 0.496 e. The minimum absolute atomic E-state index is 0.544. The maximum absolute atomic E-state index is 5.57. The maximum atomic E-state index is 5.57. The summed E-state index contributed by atoms with van der Waals surface area (Å²) in [5.74, 6) is 0.903. The number of hydrogen-bond acceptors (Lipinski definition) is 4. The van der Waals surface area contributed by atoms with Crippen molar-refractivity contribution in [3.8, 4) is 5.75 Å². The van der Waals surface area contributed by atoms with Crippen LogP contribution in [0.5, 0.6) is 5.75 Å². The van der Waals surface area contributed by atoms with Crippen LogP contribution in [0.15, 0.2) is 24.3 Å². The van der Waals surface area contributed by atoms with Gasteiger partial charge in [0.05, 0.1) is 18.7 Å². The molecular weight excluding hydrogens is 260 g/mol. The molecule has 5 heteroatoms. The second kappa shape index (κ2) is 8.85. The van der Waals surface area contributed by atoms with Crippen LogP contribution in [0.4, 0.5) is 0 Å². The van der Waals surface area contributed by atoms with Crippen LogP contribution in [0, 0.1) is 0 Å². The lowest BCUT2D eigenvalue weighted by Gasteiger charge is -2.22. The molecule has 0 saturated carbocycles. The smallest absolute Gasteiger partial charge is 0.123 e. The van der Waals surface area contributed by atoms with E-state index >= 15 is 0 Å². The molecule has 0 aliphatic rings. The van der Waals surface area contributed by atoms with Gasteiger partial charge in [0.25, 0.3) is 0 Å². The van der Waals surface area contributed by atoms with Gasteiger partial charge in [-0.1, -0.05) is 30.4 Å². The van der Waals surface area contributed by atoms with Gasteiger partial charge in [-0.15, -0.1) is 0 Å². The van der Waals surface area contributed by atoms with Gasteiger partial charge in [0.1, 0.15) is 5.75 Å². The lowest BCUT2D eigenvalue weighted by Crippen LogP contribution is -2.30. The van der Waals surface area contributed by atoms with E-state index in [0.717, 1.165) is 30.9 Å². The first-order valence-corrected chi connectivity index (χ1v) is 6.69. The molecule has 106 valence electrons. The average molecular weight is 282 g/mol. The fourth-order valence-corrected chi connectivity index (χ4v) is 1.92. The first-order valence-electron chi connectivity index (χ1n) is 6.29. The molecule has 0 aliphatic carbocycles. The van der Waals surface area contributed by atoms with Gasteiger partial charge >= 0.3 is 0 Å². The van der Waals surface area contributed by atoms with Crippen molar-refractivity contribution >= 4 is 17.2 Å². The molecule has 0 atom stereocenters. The van der Waals surface area contributed by atoms with E-state index in [9.17, 15) is 0 Å². The van der Waals surface area contributed by atoms with Crippen molar-refractivity contribution in [3.05, 3.63) is 29.8 Å². The fourth-order valence-electron chi connectivity index (χ4n) is 1.83. The Labute approximate surface area is 120 Å². The van der Waals surface area contributed by atoms with E-state index in [2.05, 4.69) is 11.0 Å². The van der Waals surface area contributed by atoms with Crippen molar-refractivity contribution < 1.29 is 9.47 Å². The van der Waals surface area contributed by atoms with Gasteiger partial charge in [-0.2, -0.15) is 0 Å². The molecule has 0 heterocycles. The van der Waals surface area contributed by atoms with Crippen LogP contribution < -0.4 is 10.5 Å². The number of benzene rings is 1. The molecule has 4 nitrogen and oxygen atoms in total. The zero-order valence-corrected chi connectivity index (χ0v) is 12.4. The molecule has 1 aromatic rings. The molecule has 0 amide bonds. The number of methoxy groups -OCH3 is 2. The van der Waals surface area contributed by atoms with Gasteiger partial charge in [-0.25, -0.2) is 0 Å². The Hall–Kier alpha value is -1.17. The lowest BCUT2D eigenvalue weighted by molar-refractivity contribution is 0.145. The van der Waals surface area contributed by atoms with Crippen molar-refractivity contribution in [2.75, 3.05) is 33.9 Å². The second-order valence-corrected chi connectivity index (χ2v) is 4.82. The predicted octanol–water partition coefficient (Wildman–Crippen LogP) is 1.82. The van der Waals surface area contributed by atoms with E-state index in [4.69, 9.17) is 27.4 Å². The zero-order valence-electron chi connectivity index (χ0n) is 11.6. The predicted molar refractivity (Wildman–Crippen MR) is 81.5 cm³/mol. The topological polar surface area (TPSA) is 47.7 Å². The Bertz CT molecular complexity index is 399. The van der Waals surface area contributed by atoms with Crippen molar-refractivity contribution in [1.82, 2.24) is 4.90 Å². The fraction of sp³-hybridized carbons (Fsp3) is 0.500. The summed E-state index contributed by atoms with van der Waals surface area (Å²) < 4.78 is 10.5. The molecule has 0 aliphatic heterocycles. The van der Waals surface area contributed by atoms with E-state index in [1.807, 2.05) is 18.2 Å². The summed E-state index contributed by atoms with van der Waals surface area (Å²) >= 11 is 4.93. The maximum Gasteiger partial charge on any atom is 0.123 e. The van der Waals surface area contributed by atoms with Crippen LogP contribution in [0.25, 0.3) is 0 Å². The van der Waals surface area contributed by atoms with Crippen molar-refractivity contribution in [2.24, 2.45) is 5.73 Å². The summed E-state index contributed by atoms with van der Waals surface area (Å²) in [6.45, 7) is 3.16. The van der Waals surface area contributed by atoms with Crippen LogP contribution >= 0.6 is 12.2 Å². The summed E-state index contributed by atoms with van der Waals surface area (Å²) in [7, 11) is 3.39. The standard InChI is InChI=1S/C14H22N2O2S/c1-17-10-9-16(8-7-14(15)19)11-12-5-3-4-6-13(12)18-2/h3-6H,7-11H2,1-2H3,(H2,15,19). The molecule has 19 heavy (non-hydrogen) atoms. The number of para-hydroxylation sites is 1. The van der Waals surface area contributed by atoms with E-state index in [-0.39, 0.29) is 0 Å². The number of nitrogens with zero attached hydrogens (tertiary/aromatic N) is 1.